The lowest BCUT2D eigenvalue weighted by Gasteiger charge is -2.26. The SMILES string of the molecule is O=C(O)c1cc(S(=O)(=O)NCCN2CCNCC2)cs1. The molecule has 0 radical (unpaired) electrons. The highest BCUT2D eigenvalue weighted by Crippen LogP contribution is 2.18. The number of piperazine rings is 1. The summed E-state index contributed by atoms with van der Waals surface area (Å²) < 4.78 is 26.5. The van der Waals surface area contributed by atoms with Gasteiger partial charge in [-0.1, -0.05) is 0 Å². The van der Waals surface area contributed by atoms with Crippen LogP contribution in [0, 0.1) is 0 Å². The maximum Gasteiger partial charge on any atom is 0.345 e. The van der Waals surface area contributed by atoms with E-state index in [4.69, 9.17) is 5.11 Å². The van der Waals surface area contributed by atoms with Crippen molar-refractivity contribution in [3.8, 4) is 0 Å². The summed E-state index contributed by atoms with van der Waals surface area (Å²) in [6.07, 6.45) is 0. The Bertz CT molecular complexity index is 564. The number of nitrogens with one attached hydrogen (secondary N) is 2. The molecule has 0 amide bonds. The number of carbonyl (C=O) groups is 1. The van der Waals surface area contributed by atoms with E-state index in [9.17, 15) is 13.2 Å². The molecular formula is C11H17N3O4S2. The van der Waals surface area contributed by atoms with Crippen molar-refractivity contribution in [3.05, 3.63) is 16.3 Å². The summed E-state index contributed by atoms with van der Waals surface area (Å²) in [7, 11) is -3.62. The highest BCUT2D eigenvalue weighted by Gasteiger charge is 2.18. The number of carboxylic acids is 1. The highest BCUT2D eigenvalue weighted by atomic mass is 32.2. The van der Waals surface area contributed by atoms with Crippen LogP contribution in [0.5, 0.6) is 0 Å². The summed E-state index contributed by atoms with van der Waals surface area (Å²) >= 11 is 0.909. The van der Waals surface area contributed by atoms with Crippen molar-refractivity contribution in [1.29, 1.82) is 0 Å². The van der Waals surface area contributed by atoms with E-state index in [0.717, 1.165) is 37.5 Å². The maximum absolute atomic E-state index is 12.0. The Morgan fingerprint density at radius 2 is 2.15 bits per heavy atom. The summed E-state index contributed by atoms with van der Waals surface area (Å²) in [6.45, 7) is 4.61. The molecule has 1 aliphatic heterocycles. The quantitative estimate of drug-likeness (QED) is 0.662. The van der Waals surface area contributed by atoms with E-state index >= 15 is 0 Å². The summed E-state index contributed by atoms with van der Waals surface area (Å²) in [6, 6.07) is 1.18. The minimum Gasteiger partial charge on any atom is -0.477 e. The van der Waals surface area contributed by atoms with Crippen LogP contribution in [0.4, 0.5) is 0 Å². The Kier molecular flexibility index (Phi) is 5.11. The Labute approximate surface area is 121 Å². The molecule has 9 heteroatoms. The van der Waals surface area contributed by atoms with Crippen LogP contribution in [0.2, 0.25) is 0 Å². The number of hydrogen-bond donors (Lipinski definition) is 3. The first-order valence-electron chi connectivity index (χ1n) is 6.23. The summed E-state index contributed by atoms with van der Waals surface area (Å²) in [4.78, 5) is 13.0. The lowest BCUT2D eigenvalue weighted by molar-refractivity contribution is 0.0702. The zero-order valence-corrected chi connectivity index (χ0v) is 12.5. The first kappa shape index (κ1) is 15.4. The lowest BCUT2D eigenvalue weighted by Crippen LogP contribution is -2.46. The second kappa shape index (κ2) is 6.64. The van der Waals surface area contributed by atoms with E-state index in [2.05, 4.69) is 14.9 Å². The van der Waals surface area contributed by atoms with Crippen LogP contribution in [0.15, 0.2) is 16.3 Å². The molecule has 0 aliphatic carbocycles. The Morgan fingerprint density at radius 3 is 2.75 bits per heavy atom. The molecule has 0 spiro atoms. The average Bonchev–Trinajstić information content (AvgIpc) is 2.90. The van der Waals surface area contributed by atoms with Crippen molar-refractivity contribution in [2.24, 2.45) is 0 Å². The molecule has 0 bridgehead atoms. The van der Waals surface area contributed by atoms with Crippen molar-refractivity contribution in [2.45, 2.75) is 4.90 Å². The number of sulfonamides is 1. The number of thiophene rings is 1. The zero-order chi connectivity index (χ0) is 14.6. The second-order valence-electron chi connectivity index (χ2n) is 4.44. The lowest BCUT2D eigenvalue weighted by atomic mass is 10.3. The standard InChI is InChI=1S/C11H17N3O4S2/c15-11(16)10-7-9(8-19-10)20(17,18)13-3-6-14-4-1-12-2-5-14/h7-8,12-13H,1-6H2,(H,15,16). The number of nitrogens with zero attached hydrogens (tertiary/aromatic N) is 1. The van der Waals surface area contributed by atoms with Crippen LogP contribution < -0.4 is 10.0 Å². The molecule has 7 nitrogen and oxygen atoms in total. The van der Waals surface area contributed by atoms with Gasteiger partial charge < -0.3 is 10.4 Å². The highest BCUT2D eigenvalue weighted by molar-refractivity contribution is 7.89. The Morgan fingerprint density at radius 1 is 1.45 bits per heavy atom. The summed E-state index contributed by atoms with van der Waals surface area (Å²) in [5.41, 5.74) is 0. The first-order chi connectivity index (χ1) is 9.49. The minimum atomic E-state index is -3.62. The number of carboxylic acid groups (broad SMARTS) is 1. The molecule has 2 heterocycles. The van der Waals surface area contributed by atoms with Gasteiger partial charge in [0.15, 0.2) is 0 Å². The predicted molar refractivity (Wildman–Crippen MR) is 75.8 cm³/mol. The third-order valence-electron chi connectivity index (χ3n) is 3.03. The fourth-order valence-corrected chi connectivity index (χ4v) is 4.06. The van der Waals surface area contributed by atoms with Crippen LogP contribution in [0.3, 0.4) is 0 Å². The van der Waals surface area contributed by atoms with Gasteiger partial charge in [0.2, 0.25) is 10.0 Å². The molecule has 0 atom stereocenters. The second-order valence-corrected chi connectivity index (χ2v) is 7.12. The van der Waals surface area contributed by atoms with Crippen molar-refractivity contribution >= 4 is 27.3 Å². The molecule has 1 fully saturated rings. The monoisotopic (exact) mass is 319 g/mol. The minimum absolute atomic E-state index is 0.0141. The van der Waals surface area contributed by atoms with Crippen LogP contribution >= 0.6 is 11.3 Å². The van der Waals surface area contributed by atoms with E-state index < -0.39 is 16.0 Å². The molecule has 112 valence electrons. The van der Waals surface area contributed by atoms with Crippen LogP contribution in [-0.4, -0.2) is 63.7 Å². The van der Waals surface area contributed by atoms with Crippen LogP contribution in [-0.2, 0) is 10.0 Å². The third kappa shape index (κ3) is 4.00. The van der Waals surface area contributed by atoms with Gasteiger partial charge in [0.25, 0.3) is 0 Å². The van der Waals surface area contributed by atoms with Gasteiger partial charge in [0, 0.05) is 44.6 Å². The molecule has 2 rings (SSSR count). The first-order valence-corrected chi connectivity index (χ1v) is 8.60. The van der Waals surface area contributed by atoms with Gasteiger partial charge in [-0.25, -0.2) is 17.9 Å². The van der Waals surface area contributed by atoms with Crippen LogP contribution in [0.25, 0.3) is 0 Å². The molecular weight excluding hydrogens is 302 g/mol. The molecule has 0 saturated carbocycles. The maximum atomic E-state index is 12.0. The van der Waals surface area contributed by atoms with E-state index in [-0.39, 0.29) is 9.77 Å². The largest absolute Gasteiger partial charge is 0.477 e. The van der Waals surface area contributed by atoms with Gasteiger partial charge in [-0.15, -0.1) is 11.3 Å². The summed E-state index contributed by atoms with van der Waals surface area (Å²) in [5, 5.41) is 13.4. The van der Waals surface area contributed by atoms with Gasteiger partial charge in [0.05, 0.1) is 4.90 Å². The van der Waals surface area contributed by atoms with Crippen molar-refractivity contribution in [1.82, 2.24) is 14.9 Å². The fraction of sp³-hybridized carbons (Fsp3) is 0.545. The summed E-state index contributed by atoms with van der Waals surface area (Å²) in [5.74, 6) is -1.11. The van der Waals surface area contributed by atoms with Gasteiger partial charge >= 0.3 is 5.97 Å². The average molecular weight is 319 g/mol. The molecule has 1 aromatic rings. The van der Waals surface area contributed by atoms with E-state index in [0.29, 0.717) is 13.1 Å². The Balaban J connectivity index is 1.88. The number of aromatic carboxylic acids is 1. The van der Waals surface area contributed by atoms with Gasteiger partial charge in [-0.3, -0.25) is 4.90 Å². The smallest absolute Gasteiger partial charge is 0.345 e. The van der Waals surface area contributed by atoms with Crippen molar-refractivity contribution < 1.29 is 18.3 Å². The molecule has 0 unspecified atom stereocenters. The number of hydrogen-bond acceptors (Lipinski definition) is 6. The van der Waals surface area contributed by atoms with Gasteiger partial charge in [0.1, 0.15) is 4.88 Å². The third-order valence-corrected chi connectivity index (χ3v) is 5.53. The van der Waals surface area contributed by atoms with Gasteiger partial charge in [-0.05, 0) is 6.07 Å². The van der Waals surface area contributed by atoms with Crippen LogP contribution in [0.1, 0.15) is 9.67 Å². The molecule has 3 N–H and O–H groups in total. The van der Waals surface area contributed by atoms with E-state index in [1.54, 1.807) is 0 Å². The number of rotatable bonds is 6. The molecule has 20 heavy (non-hydrogen) atoms. The Hall–Kier alpha value is -1.00. The topological polar surface area (TPSA) is 98.7 Å². The van der Waals surface area contributed by atoms with Crippen molar-refractivity contribution in [2.75, 3.05) is 39.3 Å². The zero-order valence-electron chi connectivity index (χ0n) is 10.8. The van der Waals surface area contributed by atoms with Gasteiger partial charge in [-0.2, -0.15) is 0 Å². The molecule has 1 aromatic heterocycles. The molecule has 1 saturated heterocycles. The van der Waals surface area contributed by atoms with E-state index in [1.165, 1.54) is 11.4 Å². The van der Waals surface area contributed by atoms with Crippen molar-refractivity contribution in [3.63, 3.8) is 0 Å². The molecule has 1 aliphatic rings. The van der Waals surface area contributed by atoms with E-state index in [1.807, 2.05) is 0 Å². The predicted octanol–water partition coefficient (Wildman–Crippen LogP) is -0.370. The fourth-order valence-electron chi connectivity index (χ4n) is 1.93. The molecule has 0 aromatic carbocycles. The normalized spacial score (nSPS) is 17.2.